The van der Waals surface area contributed by atoms with E-state index in [4.69, 9.17) is 5.11 Å². The van der Waals surface area contributed by atoms with E-state index in [2.05, 4.69) is 0 Å². The summed E-state index contributed by atoms with van der Waals surface area (Å²) in [5, 5.41) is 17.9. The topological polar surface area (TPSA) is 40.5 Å². The van der Waals surface area contributed by atoms with Crippen molar-refractivity contribution in [2.24, 2.45) is 5.41 Å². The lowest BCUT2D eigenvalue weighted by Gasteiger charge is -2.01. The van der Waals surface area contributed by atoms with E-state index in [9.17, 15) is 5.11 Å². The van der Waals surface area contributed by atoms with Gasteiger partial charge in [-0.25, -0.2) is 0 Å². The fourth-order valence-electron chi connectivity index (χ4n) is 1.53. The fraction of sp³-hybridized carbons (Fsp3) is 1.00. The predicted octanol–water partition coefficient (Wildman–Crippen LogP) is -0.106. The average molecular weight is 114 g/mol. The lowest BCUT2D eigenvalue weighted by molar-refractivity contribution is 0.0554. The summed E-state index contributed by atoms with van der Waals surface area (Å²) in [5.74, 6) is 0. The molecule has 0 aliphatic heterocycles. The summed E-state index contributed by atoms with van der Waals surface area (Å²) in [6.45, 7) is -0.0347. The van der Waals surface area contributed by atoms with Gasteiger partial charge in [0.25, 0.3) is 0 Å². The second kappa shape index (κ2) is 0.957. The van der Waals surface area contributed by atoms with Crippen LogP contribution in [0.15, 0.2) is 0 Å². The molecule has 0 heterocycles. The Morgan fingerprint density at radius 1 is 1.38 bits per heavy atom. The van der Waals surface area contributed by atoms with E-state index in [1.165, 1.54) is 0 Å². The summed E-state index contributed by atoms with van der Waals surface area (Å²) in [5.41, 5.74) is -0.436. The minimum absolute atomic E-state index is 0.0347. The quantitative estimate of drug-likeness (QED) is 0.499. The van der Waals surface area contributed by atoms with Crippen LogP contribution in [0.1, 0.15) is 19.3 Å². The first-order valence-corrected chi connectivity index (χ1v) is 3.06. The van der Waals surface area contributed by atoms with Gasteiger partial charge < -0.3 is 10.2 Å². The van der Waals surface area contributed by atoms with Crippen LogP contribution in [-0.4, -0.2) is 22.4 Å². The molecule has 2 fully saturated rings. The van der Waals surface area contributed by atoms with Crippen LogP contribution < -0.4 is 0 Å². The molecule has 0 saturated heterocycles. The molecule has 2 aliphatic rings. The van der Waals surface area contributed by atoms with E-state index >= 15 is 0 Å². The minimum Gasteiger partial charge on any atom is -0.393 e. The molecular weight excluding hydrogens is 104 g/mol. The lowest BCUT2D eigenvalue weighted by Crippen LogP contribution is -2.16. The third-order valence-corrected chi connectivity index (χ3v) is 2.61. The molecule has 1 spiro atoms. The maximum absolute atomic E-state index is 9.28. The van der Waals surface area contributed by atoms with Gasteiger partial charge in [-0.2, -0.15) is 0 Å². The fourth-order valence-corrected chi connectivity index (χ4v) is 1.53. The largest absolute Gasteiger partial charge is 0.393 e. The highest BCUT2D eigenvalue weighted by Gasteiger charge is 2.73. The summed E-state index contributed by atoms with van der Waals surface area (Å²) in [6.07, 6.45) is 3.10. The molecule has 2 nitrogen and oxygen atoms in total. The highest BCUT2D eigenvalue weighted by molar-refractivity contribution is 5.23. The molecule has 0 radical (unpaired) electrons. The van der Waals surface area contributed by atoms with Crippen molar-refractivity contribution in [3.63, 3.8) is 0 Å². The maximum Gasteiger partial charge on any atom is 0.0940 e. The highest BCUT2D eigenvalue weighted by atomic mass is 16.3. The summed E-state index contributed by atoms with van der Waals surface area (Å²) >= 11 is 0. The van der Waals surface area contributed by atoms with Crippen LogP contribution in [0.2, 0.25) is 0 Å². The first-order valence-electron chi connectivity index (χ1n) is 3.06. The molecule has 1 unspecified atom stereocenters. The molecule has 2 N–H and O–H groups in total. The standard InChI is InChI=1S/C6H10O2/c7-4-6(8)3-5(6)1-2-5/h7-8H,1-4H2. The van der Waals surface area contributed by atoms with Gasteiger partial charge in [0.1, 0.15) is 0 Å². The van der Waals surface area contributed by atoms with Gasteiger partial charge in [-0.3, -0.25) is 0 Å². The van der Waals surface area contributed by atoms with Crippen LogP contribution in [-0.2, 0) is 0 Å². The highest BCUT2D eigenvalue weighted by Crippen LogP contribution is 2.72. The second-order valence-corrected chi connectivity index (χ2v) is 3.15. The van der Waals surface area contributed by atoms with E-state index in [1.54, 1.807) is 0 Å². The van der Waals surface area contributed by atoms with Gasteiger partial charge in [-0.1, -0.05) is 0 Å². The first kappa shape index (κ1) is 4.77. The minimum atomic E-state index is -0.646. The summed E-state index contributed by atoms with van der Waals surface area (Å²) in [6, 6.07) is 0. The van der Waals surface area contributed by atoms with Crippen LogP contribution in [0, 0.1) is 5.41 Å². The van der Waals surface area contributed by atoms with Gasteiger partial charge in [0, 0.05) is 5.41 Å². The average Bonchev–Trinajstić information content (AvgIpc) is 2.57. The van der Waals surface area contributed by atoms with Crippen molar-refractivity contribution in [1.29, 1.82) is 0 Å². The first-order chi connectivity index (χ1) is 3.72. The monoisotopic (exact) mass is 114 g/mol. The van der Waals surface area contributed by atoms with E-state index < -0.39 is 5.60 Å². The summed E-state index contributed by atoms with van der Waals surface area (Å²) in [7, 11) is 0. The summed E-state index contributed by atoms with van der Waals surface area (Å²) in [4.78, 5) is 0. The van der Waals surface area contributed by atoms with E-state index in [0.717, 1.165) is 19.3 Å². The van der Waals surface area contributed by atoms with Crippen molar-refractivity contribution in [2.45, 2.75) is 24.9 Å². The number of rotatable bonds is 1. The molecule has 2 heteroatoms. The molecule has 0 bridgehead atoms. The van der Waals surface area contributed by atoms with Crippen LogP contribution >= 0.6 is 0 Å². The molecule has 2 rings (SSSR count). The molecule has 8 heavy (non-hydrogen) atoms. The van der Waals surface area contributed by atoms with Crippen molar-refractivity contribution in [1.82, 2.24) is 0 Å². The van der Waals surface area contributed by atoms with Crippen molar-refractivity contribution in [3.05, 3.63) is 0 Å². The normalized spacial score (nSPS) is 47.2. The molecule has 2 saturated carbocycles. The van der Waals surface area contributed by atoms with Gasteiger partial charge in [0.15, 0.2) is 0 Å². The Kier molecular flexibility index (Phi) is 0.570. The molecule has 0 aromatic heterocycles. The summed E-state index contributed by atoms with van der Waals surface area (Å²) < 4.78 is 0. The zero-order valence-corrected chi connectivity index (χ0v) is 4.72. The van der Waals surface area contributed by atoms with E-state index in [-0.39, 0.29) is 12.0 Å². The van der Waals surface area contributed by atoms with Crippen molar-refractivity contribution in [2.75, 3.05) is 6.61 Å². The molecular formula is C6H10O2. The number of aliphatic hydroxyl groups excluding tert-OH is 1. The van der Waals surface area contributed by atoms with Crippen molar-refractivity contribution in [3.8, 4) is 0 Å². The van der Waals surface area contributed by atoms with Crippen molar-refractivity contribution >= 4 is 0 Å². The van der Waals surface area contributed by atoms with Crippen LogP contribution in [0.4, 0.5) is 0 Å². The van der Waals surface area contributed by atoms with Gasteiger partial charge >= 0.3 is 0 Å². The van der Waals surface area contributed by atoms with E-state index in [1.807, 2.05) is 0 Å². The van der Waals surface area contributed by atoms with Crippen molar-refractivity contribution < 1.29 is 10.2 Å². The molecule has 0 aromatic rings. The number of aliphatic hydroxyl groups is 2. The van der Waals surface area contributed by atoms with Gasteiger partial charge in [0.05, 0.1) is 12.2 Å². The Balaban J connectivity index is 2.11. The Labute approximate surface area is 48.1 Å². The molecule has 0 amide bonds. The van der Waals surface area contributed by atoms with Crippen LogP contribution in [0.25, 0.3) is 0 Å². The SMILES string of the molecule is OCC1(O)CC12CC2. The third kappa shape index (κ3) is 0.327. The van der Waals surface area contributed by atoms with Gasteiger partial charge in [0.2, 0.25) is 0 Å². The molecule has 46 valence electrons. The van der Waals surface area contributed by atoms with Crippen LogP contribution in [0.3, 0.4) is 0 Å². The Morgan fingerprint density at radius 2 is 2.00 bits per heavy atom. The lowest BCUT2D eigenvalue weighted by atomic mass is 10.2. The van der Waals surface area contributed by atoms with Crippen LogP contribution in [0.5, 0.6) is 0 Å². The predicted molar refractivity (Wildman–Crippen MR) is 28.3 cm³/mol. The van der Waals surface area contributed by atoms with E-state index in [0.29, 0.717) is 0 Å². The number of hydrogen-bond acceptors (Lipinski definition) is 2. The molecule has 0 aromatic carbocycles. The zero-order valence-electron chi connectivity index (χ0n) is 4.72. The van der Waals surface area contributed by atoms with Gasteiger partial charge in [-0.15, -0.1) is 0 Å². The molecule has 1 atom stereocenters. The number of hydrogen-bond donors (Lipinski definition) is 2. The Hall–Kier alpha value is -0.0800. The smallest absolute Gasteiger partial charge is 0.0940 e. The van der Waals surface area contributed by atoms with Gasteiger partial charge in [-0.05, 0) is 19.3 Å². The Morgan fingerprint density at radius 3 is 2.12 bits per heavy atom. The maximum atomic E-state index is 9.28. The second-order valence-electron chi connectivity index (χ2n) is 3.15. The Bertz CT molecular complexity index is 128. The molecule has 2 aliphatic carbocycles. The third-order valence-electron chi connectivity index (χ3n) is 2.61. The zero-order chi connectivity index (χ0) is 5.83.